The molecule has 0 bridgehead atoms. The van der Waals surface area contributed by atoms with Gasteiger partial charge in [0, 0.05) is 12.1 Å². The van der Waals surface area contributed by atoms with E-state index in [9.17, 15) is 9.90 Å². The van der Waals surface area contributed by atoms with Crippen LogP contribution in [0.1, 0.15) is 49.0 Å². The number of carbonyl (C=O) groups is 1. The van der Waals surface area contributed by atoms with E-state index in [1.807, 2.05) is 31.2 Å². The summed E-state index contributed by atoms with van der Waals surface area (Å²) >= 11 is 0. The standard InChI is InChI=1S/C14H21NO2/c1-4-13(16)9-15-14(17)12-7-5-11(6-8-12)10(2)3/h5-8,10,13,16H,4,9H2,1-3H3,(H,15,17). The summed E-state index contributed by atoms with van der Waals surface area (Å²) in [5.41, 5.74) is 1.85. The molecule has 94 valence electrons. The molecule has 2 N–H and O–H groups in total. The Morgan fingerprint density at radius 2 is 1.88 bits per heavy atom. The van der Waals surface area contributed by atoms with E-state index in [2.05, 4.69) is 19.2 Å². The lowest BCUT2D eigenvalue weighted by molar-refractivity contribution is 0.0914. The number of hydrogen-bond donors (Lipinski definition) is 2. The summed E-state index contributed by atoms with van der Waals surface area (Å²) in [5.74, 6) is 0.335. The molecule has 1 atom stereocenters. The third kappa shape index (κ3) is 4.19. The quantitative estimate of drug-likeness (QED) is 0.822. The fourth-order valence-corrected chi connectivity index (χ4v) is 1.48. The van der Waals surface area contributed by atoms with Crippen molar-refractivity contribution < 1.29 is 9.90 Å². The number of nitrogens with one attached hydrogen (secondary N) is 1. The Morgan fingerprint density at radius 1 is 1.29 bits per heavy atom. The molecule has 3 nitrogen and oxygen atoms in total. The van der Waals surface area contributed by atoms with Crippen molar-refractivity contribution >= 4 is 5.91 Å². The summed E-state index contributed by atoms with van der Waals surface area (Å²) in [4.78, 5) is 11.7. The molecule has 1 amide bonds. The minimum Gasteiger partial charge on any atom is -0.391 e. The summed E-state index contributed by atoms with van der Waals surface area (Å²) in [6.07, 6.45) is 0.181. The number of amides is 1. The van der Waals surface area contributed by atoms with Crippen molar-refractivity contribution in [3.05, 3.63) is 35.4 Å². The Balaban J connectivity index is 2.58. The Morgan fingerprint density at radius 3 is 2.35 bits per heavy atom. The molecular formula is C14H21NO2. The highest BCUT2D eigenvalue weighted by molar-refractivity contribution is 5.94. The number of rotatable bonds is 5. The van der Waals surface area contributed by atoms with Gasteiger partial charge >= 0.3 is 0 Å². The van der Waals surface area contributed by atoms with Gasteiger partial charge in [0.2, 0.25) is 0 Å². The summed E-state index contributed by atoms with van der Waals surface area (Å²) in [5, 5.41) is 12.1. The lowest BCUT2D eigenvalue weighted by atomic mass is 10.0. The summed E-state index contributed by atoms with van der Waals surface area (Å²) in [6, 6.07) is 7.58. The first-order valence-corrected chi connectivity index (χ1v) is 6.10. The zero-order valence-corrected chi connectivity index (χ0v) is 10.7. The van der Waals surface area contributed by atoms with Crippen LogP contribution in [0, 0.1) is 0 Å². The molecule has 1 aromatic rings. The van der Waals surface area contributed by atoms with Crippen LogP contribution in [0.3, 0.4) is 0 Å². The second kappa shape index (κ2) is 6.40. The van der Waals surface area contributed by atoms with Crippen molar-refractivity contribution in [3.63, 3.8) is 0 Å². The minimum atomic E-state index is -0.464. The van der Waals surface area contributed by atoms with Gasteiger partial charge in [-0.25, -0.2) is 0 Å². The van der Waals surface area contributed by atoms with Crippen molar-refractivity contribution in [2.24, 2.45) is 0 Å². The van der Waals surface area contributed by atoms with Gasteiger partial charge in [-0.05, 0) is 30.0 Å². The Labute approximate surface area is 103 Å². The molecule has 0 fully saturated rings. The predicted molar refractivity (Wildman–Crippen MR) is 69.2 cm³/mol. The monoisotopic (exact) mass is 235 g/mol. The summed E-state index contributed by atoms with van der Waals surface area (Å²) in [7, 11) is 0. The highest BCUT2D eigenvalue weighted by atomic mass is 16.3. The number of benzene rings is 1. The molecule has 0 aliphatic carbocycles. The van der Waals surface area contributed by atoms with Crippen LogP contribution in [0.4, 0.5) is 0 Å². The van der Waals surface area contributed by atoms with E-state index in [-0.39, 0.29) is 5.91 Å². The molecule has 0 aliphatic heterocycles. The van der Waals surface area contributed by atoms with Gasteiger partial charge in [-0.2, -0.15) is 0 Å². The molecule has 1 unspecified atom stereocenters. The second-order valence-electron chi connectivity index (χ2n) is 4.55. The number of hydrogen-bond acceptors (Lipinski definition) is 2. The van der Waals surface area contributed by atoms with Crippen LogP contribution < -0.4 is 5.32 Å². The van der Waals surface area contributed by atoms with Crippen LogP contribution in [0.15, 0.2) is 24.3 Å². The van der Waals surface area contributed by atoms with E-state index in [0.717, 1.165) is 0 Å². The SMILES string of the molecule is CCC(O)CNC(=O)c1ccc(C(C)C)cc1. The maximum Gasteiger partial charge on any atom is 0.251 e. The predicted octanol–water partition coefficient (Wildman–Crippen LogP) is 2.31. The van der Waals surface area contributed by atoms with Gasteiger partial charge in [0.25, 0.3) is 5.91 Å². The van der Waals surface area contributed by atoms with E-state index in [1.165, 1.54) is 5.56 Å². The normalized spacial score (nSPS) is 12.5. The highest BCUT2D eigenvalue weighted by Crippen LogP contribution is 2.14. The average Bonchev–Trinajstić information content (AvgIpc) is 2.35. The van der Waals surface area contributed by atoms with Crippen LogP contribution in [-0.4, -0.2) is 23.7 Å². The first-order chi connectivity index (χ1) is 8.04. The molecule has 0 aliphatic rings. The Kier molecular flexibility index (Phi) is 5.16. The largest absolute Gasteiger partial charge is 0.391 e. The first kappa shape index (κ1) is 13.7. The minimum absolute atomic E-state index is 0.132. The lowest BCUT2D eigenvalue weighted by Crippen LogP contribution is -2.31. The molecule has 1 rings (SSSR count). The molecule has 0 saturated carbocycles. The van der Waals surface area contributed by atoms with Crippen LogP contribution in [0.5, 0.6) is 0 Å². The number of aliphatic hydroxyl groups is 1. The summed E-state index contributed by atoms with van der Waals surface area (Å²) < 4.78 is 0. The smallest absolute Gasteiger partial charge is 0.251 e. The topological polar surface area (TPSA) is 49.3 Å². The zero-order valence-electron chi connectivity index (χ0n) is 10.7. The van der Waals surface area contributed by atoms with Crippen molar-refractivity contribution in [1.82, 2.24) is 5.32 Å². The first-order valence-electron chi connectivity index (χ1n) is 6.10. The van der Waals surface area contributed by atoms with E-state index < -0.39 is 6.10 Å². The van der Waals surface area contributed by atoms with Crippen molar-refractivity contribution in [3.8, 4) is 0 Å². The van der Waals surface area contributed by atoms with Crippen LogP contribution in [-0.2, 0) is 0 Å². The van der Waals surface area contributed by atoms with Crippen molar-refractivity contribution in [2.75, 3.05) is 6.54 Å². The molecule has 0 saturated heterocycles. The Hall–Kier alpha value is -1.35. The third-order valence-electron chi connectivity index (χ3n) is 2.81. The van der Waals surface area contributed by atoms with E-state index in [1.54, 1.807) is 0 Å². The van der Waals surface area contributed by atoms with Crippen molar-refractivity contribution in [2.45, 2.75) is 39.2 Å². The maximum absolute atomic E-state index is 11.7. The van der Waals surface area contributed by atoms with Crippen molar-refractivity contribution in [1.29, 1.82) is 0 Å². The van der Waals surface area contributed by atoms with Gasteiger partial charge in [-0.3, -0.25) is 4.79 Å². The molecular weight excluding hydrogens is 214 g/mol. The van der Waals surface area contributed by atoms with Gasteiger partial charge in [0.05, 0.1) is 6.10 Å². The molecule has 0 aromatic heterocycles. The van der Waals surface area contributed by atoms with E-state index in [4.69, 9.17) is 0 Å². The van der Waals surface area contributed by atoms with Gasteiger partial charge in [0.15, 0.2) is 0 Å². The van der Waals surface area contributed by atoms with E-state index >= 15 is 0 Å². The third-order valence-corrected chi connectivity index (χ3v) is 2.81. The van der Waals surface area contributed by atoms with Crippen LogP contribution in [0.2, 0.25) is 0 Å². The molecule has 0 radical (unpaired) electrons. The van der Waals surface area contributed by atoms with Gasteiger partial charge in [-0.1, -0.05) is 32.9 Å². The highest BCUT2D eigenvalue weighted by Gasteiger charge is 2.08. The van der Waals surface area contributed by atoms with E-state index in [0.29, 0.717) is 24.4 Å². The number of aliphatic hydroxyl groups excluding tert-OH is 1. The van der Waals surface area contributed by atoms with Crippen LogP contribution >= 0.6 is 0 Å². The molecule has 17 heavy (non-hydrogen) atoms. The lowest BCUT2D eigenvalue weighted by Gasteiger charge is -2.10. The molecule has 0 heterocycles. The van der Waals surface area contributed by atoms with Gasteiger partial charge in [0.1, 0.15) is 0 Å². The average molecular weight is 235 g/mol. The fraction of sp³-hybridized carbons (Fsp3) is 0.500. The Bertz CT molecular complexity index is 357. The zero-order chi connectivity index (χ0) is 12.8. The summed E-state index contributed by atoms with van der Waals surface area (Å²) in [6.45, 7) is 6.43. The van der Waals surface area contributed by atoms with Gasteiger partial charge < -0.3 is 10.4 Å². The maximum atomic E-state index is 11.7. The molecule has 1 aromatic carbocycles. The number of carbonyl (C=O) groups excluding carboxylic acids is 1. The molecule has 3 heteroatoms. The fourth-order valence-electron chi connectivity index (χ4n) is 1.48. The second-order valence-corrected chi connectivity index (χ2v) is 4.55. The van der Waals surface area contributed by atoms with Gasteiger partial charge in [-0.15, -0.1) is 0 Å². The van der Waals surface area contributed by atoms with Crippen LogP contribution in [0.25, 0.3) is 0 Å². The molecule has 0 spiro atoms.